The monoisotopic (exact) mass is 309 g/mol. The molecule has 2 N–H and O–H groups in total. The van der Waals surface area contributed by atoms with Crippen LogP contribution < -0.4 is 5.84 Å². The van der Waals surface area contributed by atoms with Crippen molar-refractivity contribution in [2.24, 2.45) is 0 Å². The average molecular weight is 310 g/mol. The fourth-order valence-corrected chi connectivity index (χ4v) is 2.28. The number of nitrogen functional groups attached to an aromatic ring is 1. The molecule has 0 saturated heterocycles. The standard InChI is InChI=1S/C10H8BrN5S/c11-8-4-2-1-3-7(8)9-14-15-10(16(9)13)17-6-5-12/h1-4H,6,13H2. The molecule has 17 heavy (non-hydrogen) atoms. The first-order valence-electron chi connectivity index (χ1n) is 4.69. The van der Waals surface area contributed by atoms with Gasteiger partial charge in [-0.15, -0.1) is 10.2 Å². The van der Waals surface area contributed by atoms with Gasteiger partial charge in [0.1, 0.15) is 0 Å². The minimum atomic E-state index is 0.297. The first kappa shape index (κ1) is 12.0. The fourth-order valence-electron chi connectivity index (χ4n) is 1.30. The Labute approximate surface area is 111 Å². The molecule has 0 aliphatic carbocycles. The summed E-state index contributed by atoms with van der Waals surface area (Å²) in [5, 5.41) is 17.0. The number of nitrogens with two attached hydrogens (primary N) is 1. The van der Waals surface area contributed by atoms with E-state index in [4.69, 9.17) is 11.1 Å². The van der Waals surface area contributed by atoms with E-state index in [9.17, 15) is 0 Å². The minimum Gasteiger partial charge on any atom is -0.335 e. The highest BCUT2D eigenvalue weighted by atomic mass is 79.9. The van der Waals surface area contributed by atoms with Crippen LogP contribution in [-0.2, 0) is 0 Å². The van der Waals surface area contributed by atoms with Gasteiger partial charge in [-0.2, -0.15) is 5.26 Å². The van der Waals surface area contributed by atoms with Crippen molar-refractivity contribution in [1.29, 1.82) is 5.26 Å². The van der Waals surface area contributed by atoms with Gasteiger partial charge in [-0.25, -0.2) is 4.68 Å². The number of hydrogen-bond acceptors (Lipinski definition) is 5. The van der Waals surface area contributed by atoms with Gasteiger partial charge >= 0.3 is 0 Å². The number of aromatic nitrogens is 3. The summed E-state index contributed by atoms with van der Waals surface area (Å²) < 4.78 is 2.29. The predicted octanol–water partition coefficient (Wildman–Crippen LogP) is 2.04. The van der Waals surface area contributed by atoms with E-state index < -0.39 is 0 Å². The lowest BCUT2D eigenvalue weighted by molar-refractivity contribution is 0.851. The van der Waals surface area contributed by atoms with Crippen molar-refractivity contribution in [2.75, 3.05) is 11.6 Å². The van der Waals surface area contributed by atoms with Crippen LogP contribution in [0.1, 0.15) is 0 Å². The Bertz CT molecular complexity index is 574. The third-order valence-electron chi connectivity index (χ3n) is 2.05. The van der Waals surface area contributed by atoms with Crippen LogP contribution in [0.5, 0.6) is 0 Å². The van der Waals surface area contributed by atoms with Gasteiger partial charge in [0.25, 0.3) is 0 Å². The van der Waals surface area contributed by atoms with Crippen molar-refractivity contribution >= 4 is 27.7 Å². The average Bonchev–Trinajstić information content (AvgIpc) is 2.69. The quantitative estimate of drug-likeness (QED) is 0.693. The zero-order valence-electron chi connectivity index (χ0n) is 8.67. The first-order valence-corrected chi connectivity index (χ1v) is 6.47. The molecule has 0 unspecified atom stereocenters. The summed E-state index contributed by atoms with van der Waals surface area (Å²) in [6, 6.07) is 9.64. The molecule has 0 radical (unpaired) electrons. The Balaban J connectivity index is 2.38. The number of nitriles is 1. The van der Waals surface area contributed by atoms with E-state index >= 15 is 0 Å². The molecule has 0 bridgehead atoms. The summed E-state index contributed by atoms with van der Waals surface area (Å²) in [5.41, 5.74) is 0.867. The second-order valence-electron chi connectivity index (χ2n) is 3.10. The highest BCUT2D eigenvalue weighted by Crippen LogP contribution is 2.27. The van der Waals surface area contributed by atoms with Crippen LogP contribution >= 0.6 is 27.7 Å². The van der Waals surface area contributed by atoms with Crippen LogP contribution in [0.15, 0.2) is 33.9 Å². The molecule has 0 saturated carbocycles. The molecule has 1 heterocycles. The number of nitrogens with zero attached hydrogens (tertiary/aromatic N) is 4. The van der Waals surface area contributed by atoms with Crippen LogP contribution in [0.4, 0.5) is 0 Å². The van der Waals surface area contributed by atoms with Crippen molar-refractivity contribution in [1.82, 2.24) is 14.9 Å². The van der Waals surface area contributed by atoms with Gasteiger partial charge in [0, 0.05) is 10.0 Å². The maximum absolute atomic E-state index is 8.51. The van der Waals surface area contributed by atoms with Crippen LogP contribution in [0, 0.1) is 11.3 Å². The van der Waals surface area contributed by atoms with E-state index in [-0.39, 0.29) is 0 Å². The summed E-state index contributed by atoms with van der Waals surface area (Å²) >= 11 is 4.69. The van der Waals surface area contributed by atoms with E-state index in [0.29, 0.717) is 16.7 Å². The number of rotatable bonds is 3. The van der Waals surface area contributed by atoms with Gasteiger partial charge in [-0.3, -0.25) is 0 Å². The summed E-state index contributed by atoms with van der Waals surface area (Å²) in [6.07, 6.45) is 0. The van der Waals surface area contributed by atoms with Crippen molar-refractivity contribution in [2.45, 2.75) is 5.16 Å². The number of thioether (sulfide) groups is 1. The Morgan fingerprint density at radius 3 is 2.88 bits per heavy atom. The SMILES string of the molecule is N#CCSc1nnc(-c2ccccc2Br)n1N. The Morgan fingerprint density at radius 1 is 1.41 bits per heavy atom. The summed E-state index contributed by atoms with van der Waals surface area (Å²) in [7, 11) is 0. The Kier molecular flexibility index (Phi) is 3.66. The molecule has 2 rings (SSSR count). The largest absolute Gasteiger partial charge is 0.335 e. The molecule has 0 amide bonds. The van der Waals surface area contributed by atoms with Crippen molar-refractivity contribution < 1.29 is 0 Å². The van der Waals surface area contributed by atoms with Crippen LogP contribution in [0.3, 0.4) is 0 Å². The van der Waals surface area contributed by atoms with Gasteiger partial charge in [0.05, 0.1) is 11.8 Å². The van der Waals surface area contributed by atoms with E-state index in [0.717, 1.165) is 10.0 Å². The Hall–Kier alpha value is -1.52. The van der Waals surface area contributed by atoms with Gasteiger partial charge in [0.2, 0.25) is 5.16 Å². The molecule has 2 aromatic rings. The van der Waals surface area contributed by atoms with Crippen molar-refractivity contribution in [3.8, 4) is 17.5 Å². The minimum absolute atomic E-state index is 0.297. The molecular formula is C10H8BrN5S. The Morgan fingerprint density at radius 2 is 2.18 bits per heavy atom. The molecule has 0 aliphatic heterocycles. The molecule has 0 aliphatic rings. The maximum Gasteiger partial charge on any atom is 0.211 e. The molecule has 1 aromatic carbocycles. The molecule has 0 fully saturated rings. The van der Waals surface area contributed by atoms with Crippen molar-refractivity contribution in [3.63, 3.8) is 0 Å². The lowest BCUT2D eigenvalue weighted by Gasteiger charge is -2.03. The number of halogens is 1. The molecule has 0 atom stereocenters. The van der Waals surface area contributed by atoms with E-state index in [1.54, 1.807) is 0 Å². The molecule has 7 heteroatoms. The van der Waals surface area contributed by atoms with E-state index in [1.807, 2.05) is 30.3 Å². The summed E-state index contributed by atoms with van der Waals surface area (Å²) in [4.78, 5) is 0. The maximum atomic E-state index is 8.51. The lowest BCUT2D eigenvalue weighted by atomic mass is 10.2. The van der Waals surface area contributed by atoms with Crippen LogP contribution in [-0.4, -0.2) is 20.6 Å². The third-order valence-corrected chi connectivity index (χ3v) is 3.55. The third kappa shape index (κ3) is 2.43. The molecule has 86 valence electrons. The second-order valence-corrected chi connectivity index (χ2v) is 4.90. The molecular weight excluding hydrogens is 302 g/mol. The van der Waals surface area contributed by atoms with Crippen molar-refractivity contribution in [3.05, 3.63) is 28.7 Å². The van der Waals surface area contributed by atoms with Gasteiger partial charge in [0.15, 0.2) is 5.82 Å². The lowest BCUT2D eigenvalue weighted by Crippen LogP contribution is -2.11. The number of hydrogen-bond donors (Lipinski definition) is 1. The van der Waals surface area contributed by atoms with Gasteiger partial charge in [-0.05, 0) is 12.1 Å². The highest BCUT2D eigenvalue weighted by molar-refractivity contribution is 9.10. The molecule has 5 nitrogen and oxygen atoms in total. The van der Waals surface area contributed by atoms with Crippen LogP contribution in [0.25, 0.3) is 11.4 Å². The number of benzene rings is 1. The van der Waals surface area contributed by atoms with E-state index in [2.05, 4.69) is 26.1 Å². The summed E-state index contributed by atoms with van der Waals surface area (Å²) in [6.45, 7) is 0. The second kappa shape index (κ2) is 5.21. The topological polar surface area (TPSA) is 80.5 Å². The fraction of sp³-hybridized carbons (Fsp3) is 0.100. The predicted molar refractivity (Wildman–Crippen MR) is 69.6 cm³/mol. The van der Waals surface area contributed by atoms with Gasteiger partial charge in [-0.1, -0.05) is 39.8 Å². The molecule has 1 aromatic heterocycles. The van der Waals surface area contributed by atoms with Gasteiger partial charge < -0.3 is 5.84 Å². The zero-order valence-corrected chi connectivity index (χ0v) is 11.1. The smallest absolute Gasteiger partial charge is 0.211 e. The van der Waals surface area contributed by atoms with Crippen LogP contribution in [0.2, 0.25) is 0 Å². The molecule has 0 spiro atoms. The normalized spacial score (nSPS) is 10.1. The summed E-state index contributed by atoms with van der Waals surface area (Å²) in [5.74, 6) is 6.75. The first-order chi connectivity index (χ1) is 8.24. The highest BCUT2D eigenvalue weighted by Gasteiger charge is 2.13. The van der Waals surface area contributed by atoms with E-state index in [1.165, 1.54) is 16.4 Å². The zero-order chi connectivity index (χ0) is 12.3.